The fourth-order valence-electron chi connectivity index (χ4n) is 1.94. The van der Waals surface area contributed by atoms with Gasteiger partial charge < -0.3 is 19.8 Å². The number of hydrogen-bond acceptors (Lipinski definition) is 3. The lowest BCUT2D eigenvalue weighted by Gasteiger charge is -2.27. The zero-order valence-corrected chi connectivity index (χ0v) is 12.4. The average molecular weight is 266 g/mol. The van der Waals surface area contributed by atoms with Crippen LogP contribution in [0.4, 0.5) is 4.79 Å². The van der Waals surface area contributed by atoms with E-state index in [1.54, 1.807) is 27.7 Å². The predicted molar refractivity (Wildman–Crippen MR) is 73.1 cm³/mol. The second-order valence-corrected chi connectivity index (χ2v) is 5.94. The van der Waals surface area contributed by atoms with E-state index in [2.05, 4.69) is 10.3 Å². The third-order valence-electron chi connectivity index (χ3n) is 2.71. The number of carbonyl (C=O) groups is 2. The Bertz CT molecular complexity index is 485. The molecule has 5 nitrogen and oxygen atoms in total. The highest BCUT2D eigenvalue weighted by atomic mass is 16.6. The van der Waals surface area contributed by atoms with Gasteiger partial charge in [-0.3, -0.25) is 0 Å². The van der Waals surface area contributed by atoms with Crippen LogP contribution >= 0.6 is 0 Å². The van der Waals surface area contributed by atoms with Crippen molar-refractivity contribution in [1.82, 2.24) is 10.3 Å². The number of amides is 1. The molecule has 1 unspecified atom stereocenters. The second kappa shape index (κ2) is 5.07. The Labute approximate surface area is 113 Å². The van der Waals surface area contributed by atoms with Gasteiger partial charge in [-0.05, 0) is 47.6 Å². The molecule has 1 atom stereocenters. The summed E-state index contributed by atoms with van der Waals surface area (Å²) in [6.07, 6.45) is 0.104. The van der Waals surface area contributed by atoms with E-state index in [-0.39, 0.29) is 0 Å². The summed E-state index contributed by atoms with van der Waals surface area (Å²) in [5.41, 5.74) is 0.828. The third kappa shape index (κ3) is 3.84. The molecule has 0 aliphatic rings. The van der Waals surface area contributed by atoms with Gasteiger partial charge in [0.25, 0.3) is 0 Å². The van der Waals surface area contributed by atoms with Crippen LogP contribution in [0.3, 0.4) is 0 Å². The van der Waals surface area contributed by atoms with Gasteiger partial charge in [0.1, 0.15) is 17.4 Å². The molecule has 5 heteroatoms. The summed E-state index contributed by atoms with van der Waals surface area (Å²) in [6.45, 7) is 10.7. The van der Waals surface area contributed by atoms with E-state index in [0.29, 0.717) is 6.29 Å². The van der Waals surface area contributed by atoms with Gasteiger partial charge in [-0.1, -0.05) is 0 Å². The normalized spacial score (nSPS) is 14.6. The molecule has 1 aromatic rings. The summed E-state index contributed by atoms with van der Waals surface area (Å²) in [5.74, 6) is 0. The lowest BCUT2D eigenvalue weighted by atomic mass is 9.94. The van der Waals surface area contributed by atoms with Gasteiger partial charge in [-0.25, -0.2) is 4.79 Å². The summed E-state index contributed by atoms with van der Waals surface area (Å²) in [4.78, 5) is 26.3. The third-order valence-corrected chi connectivity index (χ3v) is 2.71. The van der Waals surface area contributed by atoms with Gasteiger partial charge in [-0.2, -0.15) is 0 Å². The van der Waals surface area contributed by atoms with Gasteiger partial charge in [0.15, 0.2) is 0 Å². The molecule has 1 rings (SSSR count). The monoisotopic (exact) mass is 266 g/mol. The summed E-state index contributed by atoms with van der Waals surface area (Å²) >= 11 is 0. The van der Waals surface area contributed by atoms with Gasteiger partial charge in [0.2, 0.25) is 0 Å². The molecule has 0 aliphatic carbocycles. The van der Waals surface area contributed by atoms with Crippen LogP contribution in [0.1, 0.15) is 44.6 Å². The Balaban J connectivity index is 2.96. The molecule has 106 valence electrons. The number of ether oxygens (including phenoxy) is 1. The van der Waals surface area contributed by atoms with Crippen LogP contribution in [0.5, 0.6) is 0 Å². The van der Waals surface area contributed by atoms with Gasteiger partial charge >= 0.3 is 6.09 Å². The van der Waals surface area contributed by atoms with E-state index in [1.165, 1.54) is 0 Å². The van der Waals surface area contributed by atoms with Crippen molar-refractivity contribution in [2.75, 3.05) is 0 Å². The number of aromatic nitrogens is 1. The smallest absolute Gasteiger partial charge is 0.408 e. The molecule has 1 heterocycles. The number of alkyl carbamates (subject to hydrolysis) is 1. The van der Waals surface area contributed by atoms with Crippen molar-refractivity contribution in [3.63, 3.8) is 0 Å². The number of H-pyrrole nitrogens is 1. The molecular formula is C14H22N2O3. The average Bonchev–Trinajstić information content (AvgIpc) is 2.55. The standard InChI is InChI=1S/C14H22N2O3/c1-9-7-11(10(2)15-9)14(6,8-17)16-12(18)19-13(3,4)5/h7-8,15H,1-6H3,(H,16,18). The minimum Gasteiger partial charge on any atom is -0.444 e. The predicted octanol–water partition coefficient (Wildman–Crippen LogP) is 2.57. The highest BCUT2D eigenvalue weighted by Gasteiger charge is 2.32. The maximum atomic E-state index is 11.8. The van der Waals surface area contributed by atoms with Crippen LogP contribution in [0.2, 0.25) is 0 Å². The van der Waals surface area contributed by atoms with Crippen molar-refractivity contribution in [1.29, 1.82) is 0 Å². The molecule has 1 aromatic heterocycles. The minimum absolute atomic E-state index is 0.600. The topological polar surface area (TPSA) is 71.2 Å². The number of rotatable bonds is 3. The van der Waals surface area contributed by atoms with Gasteiger partial charge in [0.05, 0.1) is 0 Å². The van der Waals surface area contributed by atoms with E-state index in [4.69, 9.17) is 4.74 Å². The van der Waals surface area contributed by atoms with E-state index in [9.17, 15) is 9.59 Å². The Kier molecular flexibility index (Phi) is 4.08. The first kappa shape index (κ1) is 15.3. The fraction of sp³-hybridized carbons (Fsp3) is 0.571. The van der Waals surface area contributed by atoms with Crippen molar-refractivity contribution in [2.24, 2.45) is 0 Å². The van der Waals surface area contributed by atoms with Crippen molar-refractivity contribution in [3.8, 4) is 0 Å². The van der Waals surface area contributed by atoms with E-state index >= 15 is 0 Å². The molecule has 0 saturated carbocycles. The first-order valence-electron chi connectivity index (χ1n) is 6.21. The first-order valence-corrected chi connectivity index (χ1v) is 6.21. The molecule has 2 N–H and O–H groups in total. The van der Waals surface area contributed by atoms with Crippen LogP contribution in [-0.4, -0.2) is 23.0 Å². The molecule has 0 bridgehead atoms. The Morgan fingerprint density at radius 3 is 2.26 bits per heavy atom. The Morgan fingerprint density at radius 2 is 1.89 bits per heavy atom. The van der Waals surface area contributed by atoms with E-state index in [0.717, 1.165) is 17.0 Å². The summed E-state index contributed by atoms with van der Waals surface area (Å²) in [5, 5.41) is 2.62. The van der Waals surface area contributed by atoms with Crippen LogP contribution in [0, 0.1) is 13.8 Å². The largest absolute Gasteiger partial charge is 0.444 e. The Morgan fingerprint density at radius 1 is 1.32 bits per heavy atom. The van der Waals surface area contributed by atoms with E-state index < -0.39 is 17.2 Å². The van der Waals surface area contributed by atoms with Crippen molar-refractivity contribution in [3.05, 3.63) is 23.0 Å². The number of hydrogen-bond donors (Lipinski definition) is 2. The molecule has 0 radical (unpaired) electrons. The maximum absolute atomic E-state index is 11.8. The molecule has 0 aromatic carbocycles. The molecule has 0 fully saturated rings. The molecule has 0 saturated heterocycles. The highest BCUT2D eigenvalue weighted by molar-refractivity contribution is 5.78. The zero-order valence-electron chi connectivity index (χ0n) is 12.4. The first-order chi connectivity index (χ1) is 8.57. The number of aldehydes is 1. The maximum Gasteiger partial charge on any atom is 0.408 e. The van der Waals surface area contributed by atoms with Crippen molar-refractivity contribution >= 4 is 12.4 Å². The van der Waals surface area contributed by atoms with Crippen LogP contribution in [-0.2, 0) is 15.1 Å². The summed E-state index contributed by atoms with van der Waals surface area (Å²) < 4.78 is 5.18. The zero-order chi connectivity index (χ0) is 14.8. The SMILES string of the molecule is Cc1cc(C(C)(C=O)NC(=O)OC(C)(C)C)c(C)[nH]1. The lowest BCUT2D eigenvalue weighted by Crippen LogP contribution is -2.47. The van der Waals surface area contributed by atoms with Crippen LogP contribution in [0.25, 0.3) is 0 Å². The van der Waals surface area contributed by atoms with Gasteiger partial charge in [-0.15, -0.1) is 0 Å². The van der Waals surface area contributed by atoms with Crippen LogP contribution < -0.4 is 5.32 Å². The number of aryl methyl sites for hydroxylation is 2. The second-order valence-electron chi connectivity index (χ2n) is 5.94. The number of nitrogens with one attached hydrogen (secondary N) is 2. The minimum atomic E-state index is -1.10. The fourth-order valence-corrected chi connectivity index (χ4v) is 1.94. The summed E-state index contributed by atoms with van der Waals surface area (Å²) in [7, 11) is 0. The van der Waals surface area contributed by atoms with Gasteiger partial charge in [0, 0.05) is 17.0 Å². The quantitative estimate of drug-likeness (QED) is 0.826. The Hall–Kier alpha value is -1.78. The molecule has 1 amide bonds. The molecule has 0 aliphatic heterocycles. The lowest BCUT2D eigenvalue weighted by molar-refractivity contribution is -0.113. The molecule has 19 heavy (non-hydrogen) atoms. The number of aromatic amines is 1. The highest BCUT2D eigenvalue weighted by Crippen LogP contribution is 2.23. The molecular weight excluding hydrogens is 244 g/mol. The number of carbonyl (C=O) groups excluding carboxylic acids is 2. The summed E-state index contributed by atoms with van der Waals surface area (Å²) in [6, 6.07) is 1.85. The molecule has 0 spiro atoms. The van der Waals surface area contributed by atoms with E-state index in [1.807, 2.05) is 19.9 Å². The van der Waals surface area contributed by atoms with Crippen LogP contribution in [0.15, 0.2) is 6.07 Å². The van der Waals surface area contributed by atoms with Crippen molar-refractivity contribution in [2.45, 2.75) is 52.7 Å². The van der Waals surface area contributed by atoms with Crippen molar-refractivity contribution < 1.29 is 14.3 Å².